The normalized spacial score (nSPS) is 11.5. The third-order valence-corrected chi connectivity index (χ3v) is 3.70. The first kappa shape index (κ1) is 14.5. The highest BCUT2D eigenvalue weighted by Gasteiger charge is 2.17. The van der Waals surface area contributed by atoms with Crippen molar-refractivity contribution in [2.24, 2.45) is 0 Å². The van der Waals surface area contributed by atoms with E-state index in [9.17, 15) is 0 Å². The average Bonchev–Trinajstić information content (AvgIpc) is 2.46. The van der Waals surface area contributed by atoms with Gasteiger partial charge in [-0.2, -0.15) is 0 Å². The maximum atomic E-state index is 3.52. The molecule has 0 unspecified atom stereocenters. The van der Waals surface area contributed by atoms with Crippen LogP contribution in [-0.4, -0.2) is 3.67 Å². The van der Waals surface area contributed by atoms with Gasteiger partial charge in [-0.3, -0.25) is 10.6 Å². The number of alkyl halides is 1. The lowest BCUT2D eigenvalue weighted by atomic mass is 10.2. The van der Waals surface area contributed by atoms with Crippen LogP contribution in [0.25, 0.3) is 0 Å². The van der Waals surface area contributed by atoms with E-state index in [2.05, 4.69) is 88.7 Å². The Bertz CT molecular complexity index is 437. The molecule has 0 aromatic heterocycles. The Morgan fingerprint density at radius 3 is 1.53 bits per heavy atom. The summed E-state index contributed by atoms with van der Waals surface area (Å²) in [7, 11) is 0. The Kier molecular flexibility index (Phi) is 5.36. The number of hydrogen-bond acceptors (Lipinski definition) is 2. The SMILES string of the molecule is CC(I)(NCc1ccccc1)NCc1ccccc1. The minimum absolute atomic E-state index is 0.122. The fraction of sp³-hybridized carbons (Fsp3) is 0.250. The summed E-state index contributed by atoms with van der Waals surface area (Å²) in [6.45, 7) is 3.88. The van der Waals surface area contributed by atoms with E-state index >= 15 is 0 Å². The molecule has 0 fully saturated rings. The Morgan fingerprint density at radius 1 is 0.789 bits per heavy atom. The van der Waals surface area contributed by atoms with Crippen LogP contribution in [0, 0.1) is 0 Å². The molecular weight excluding hydrogens is 347 g/mol. The Labute approximate surface area is 128 Å². The standard InChI is InChI=1S/C16H19IN2/c1-16(17,18-12-14-8-4-2-5-9-14)19-13-15-10-6-3-7-11-15/h2-11,18-19H,12-13H2,1H3. The fourth-order valence-corrected chi connectivity index (χ4v) is 2.17. The lowest BCUT2D eigenvalue weighted by Crippen LogP contribution is -2.48. The topological polar surface area (TPSA) is 24.1 Å². The third-order valence-electron chi connectivity index (χ3n) is 2.93. The molecule has 0 spiro atoms. The van der Waals surface area contributed by atoms with Crippen LogP contribution < -0.4 is 10.6 Å². The molecular formula is C16H19IN2. The molecule has 0 saturated carbocycles. The summed E-state index contributed by atoms with van der Waals surface area (Å²) in [5.41, 5.74) is 2.60. The summed E-state index contributed by atoms with van der Waals surface area (Å²) in [4.78, 5) is 0. The highest BCUT2D eigenvalue weighted by molar-refractivity contribution is 14.1. The predicted molar refractivity (Wildman–Crippen MR) is 89.0 cm³/mol. The molecule has 2 aromatic carbocycles. The van der Waals surface area contributed by atoms with Gasteiger partial charge in [-0.15, -0.1) is 0 Å². The first-order valence-electron chi connectivity index (χ1n) is 6.42. The first-order chi connectivity index (χ1) is 9.16. The number of benzene rings is 2. The van der Waals surface area contributed by atoms with Crippen molar-refractivity contribution in [3.05, 3.63) is 71.8 Å². The van der Waals surface area contributed by atoms with E-state index in [1.165, 1.54) is 11.1 Å². The molecule has 0 aliphatic heterocycles. The highest BCUT2D eigenvalue weighted by atomic mass is 127. The van der Waals surface area contributed by atoms with Crippen molar-refractivity contribution in [3.8, 4) is 0 Å². The molecule has 2 nitrogen and oxygen atoms in total. The van der Waals surface area contributed by atoms with E-state index in [-0.39, 0.29) is 3.67 Å². The summed E-state index contributed by atoms with van der Waals surface area (Å²) in [6, 6.07) is 20.9. The van der Waals surface area contributed by atoms with Gasteiger partial charge in [0.25, 0.3) is 0 Å². The average molecular weight is 366 g/mol. The zero-order valence-corrected chi connectivity index (χ0v) is 13.2. The Balaban J connectivity index is 1.82. The molecule has 2 rings (SSSR count). The maximum Gasteiger partial charge on any atom is 0.120 e. The van der Waals surface area contributed by atoms with Crippen LogP contribution in [0.4, 0.5) is 0 Å². The molecule has 0 bridgehead atoms. The second-order valence-corrected chi connectivity index (χ2v) is 6.84. The van der Waals surface area contributed by atoms with Gasteiger partial charge in [-0.05, 0) is 40.6 Å². The molecule has 0 radical (unpaired) electrons. The molecule has 0 heterocycles. The van der Waals surface area contributed by atoms with Crippen molar-refractivity contribution in [1.82, 2.24) is 10.6 Å². The second kappa shape index (κ2) is 7.03. The van der Waals surface area contributed by atoms with Gasteiger partial charge in [-0.25, -0.2) is 0 Å². The van der Waals surface area contributed by atoms with Crippen molar-refractivity contribution in [1.29, 1.82) is 0 Å². The van der Waals surface area contributed by atoms with Crippen molar-refractivity contribution >= 4 is 22.6 Å². The number of hydrogen-bond donors (Lipinski definition) is 2. The van der Waals surface area contributed by atoms with Crippen molar-refractivity contribution < 1.29 is 0 Å². The number of nitrogens with one attached hydrogen (secondary N) is 2. The van der Waals surface area contributed by atoms with E-state index in [4.69, 9.17) is 0 Å². The van der Waals surface area contributed by atoms with Gasteiger partial charge < -0.3 is 0 Å². The van der Waals surface area contributed by atoms with E-state index in [1.807, 2.05) is 12.1 Å². The van der Waals surface area contributed by atoms with Crippen LogP contribution in [-0.2, 0) is 13.1 Å². The van der Waals surface area contributed by atoms with Crippen LogP contribution in [0.1, 0.15) is 18.1 Å². The van der Waals surface area contributed by atoms with Crippen LogP contribution >= 0.6 is 22.6 Å². The summed E-state index contributed by atoms with van der Waals surface area (Å²) in [5, 5.41) is 7.04. The van der Waals surface area contributed by atoms with E-state index in [0.717, 1.165) is 13.1 Å². The fourth-order valence-electron chi connectivity index (χ4n) is 1.79. The van der Waals surface area contributed by atoms with Gasteiger partial charge in [0.2, 0.25) is 0 Å². The quantitative estimate of drug-likeness (QED) is 0.353. The Hall–Kier alpha value is -0.910. The molecule has 100 valence electrons. The summed E-state index contributed by atoms with van der Waals surface area (Å²) in [5.74, 6) is 0. The molecule has 0 aliphatic carbocycles. The van der Waals surface area contributed by atoms with Gasteiger partial charge in [0, 0.05) is 13.1 Å². The van der Waals surface area contributed by atoms with Crippen LogP contribution in [0.2, 0.25) is 0 Å². The van der Waals surface area contributed by atoms with Gasteiger partial charge in [-0.1, -0.05) is 60.7 Å². The van der Waals surface area contributed by atoms with Crippen LogP contribution in [0.15, 0.2) is 60.7 Å². The zero-order chi connectivity index (χ0) is 13.6. The smallest absolute Gasteiger partial charge is 0.120 e. The maximum absolute atomic E-state index is 3.52. The number of rotatable bonds is 6. The monoisotopic (exact) mass is 366 g/mol. The van der Waals surface area contributed by atoms with Gasteiger partial charge in [0.05, 0.1) is 0 Å². The van der Waals surface area contributed by atoms with Crippen LogP contribution in [0.5, 0.6) is 0 Å². The third kappa shape index (κ3) is 5.30. The van der Waals surface area contributed by atoms with E-state index in [1.54, 1.807) is 0 Å². The van der Waals surface area contributed by atoms with Crippen molar-refractivity contribution in [2.45, 2.75) is 23.7 Å². The van der Waals surface area contributed by atoms with E-state index in [0.29, 0.717) is 0 Å². The molecule has 2 aromatic rings. The Morgan fingerprint density at radius 2 is 1.16 bits per heavy atom. The summed E-state index contributed by atoms with van der Waals surface area (Å²) in [6.07, 6.45) is 0. The van der Waals surface area contributed by atoms with Crippen molar-refractivity contribution in [3.63, 3.8) is 0 Å². The lowest BCUT2D eigenvalue weighted by molar-refractivity contribution is 0.430. The first-order valence-corrected chi connectivity index (χ1v) is 7.50. The van der Waals surface area contributed by atoms with Crippen LogP contribution in [0.3, 0.4) is 0 Å². The second-order valence-electron chi connectivity index (χ2n) is 4.68. The molecule has 0 amide bonds. The zero-order valence-electron chi connectivity index (χ0n) is 11.1. The van der Waals surface area contributed by atoms with E-state index < -0.39 is 0 Å². The lowest BCUT2D eigenvalue weighted by Gasteiger charge is -2.26. The molecule has 0 saturated heterocycles. The van der Waals surface area contributed by atoms with Crippen molar-refractivity contribution in [2.75, 3.05) is 0 Å². The minimum atomic E-state index is -0.122. The largest absolute Gasteiger partial charge is 0.287 e. The highest BCUT2D eigenvalue weighted by Crippen LogP contribution is 2.13. The van der Waals surface area contributed by atoms with Gasteiger partial charge in [0.15, 0.2) is 0 Å². The minimum Gasteiger partial charge on any atom is -0.287 e. The predicted octanol–water partition coefficient (Wildman–Crippen LogP) is 3.67. The molecule has 0 aliphatic rings. The molecule has 19 heavy (non-hydrogen) atoms. The summed E-state index contributed by atoms with van der Waals surface area (Å²) < 4.78 is -0.122. The number of halogens is 1. The van der Waals surface area contributed by atoms with Gasteiger partial charge >= 0.3 is 0 Å². The molecule has 3 heteroatoms. The van der Waals surface area contributed by atoms with Gasteiger partial charge in [0.1, 0.15) is 3.67 Å². The summed E-state index contributed by atoms with van der Waals surface area (Å²) >= 11 is 2.41. The molecule has 2 N–H and O–H groups in total. The molecule has 0 atom stereocenters.